The Kier molecular flexibility index (Phi) is 4.76. The van der Waals surface area contributed by atoms with Crippen molar-refractivity contribution in [1.82, 2.24) is 4.90 Å². The van der Waals surface area contributed by atoms with Gasteiger partial charge < -0.3 is 4.90 Å². The summed E-state index contributed by atoms with van der Waals surface area (Å²) in [4.78, 5) is 13.6. The first-order valence-electron chi connectivity index (χ1n) is 4.70. The van der Waals surface area contributed by atoms with Gasteiger partial charge in [-0.2, -0.15) is 0 Å². The van der Waals surface area contributed by atoms with E-state index >= 15 is 0 Å². The van der Waals surface area contributed by atoms with Crippen molar-refractivity contribution in [2.24, 2.45) is 5.41 Å². The Morgan fingerprint density at radius 2 is 2.00 bits per heavy atom. The first-order chi connectivity index (χ1) is 5.86. The summed E-state index contributed by atoms with van der Waals surface area (Å²) in [5.41, 5.74) is -0.269. The minimum Gasteiger partial charge on any atom is -0.341 e. The maximum atomic E-state index is 11.9. The molecular formula is C10H20ClNO. The summed E-state index contributed by atoms with van der Waals surface area (Å²) in [6.45, 7) is 7.91. The summed E-state index contributed by atoms with van der Waals surface area (Å²) >= 11 is 5.69. The van der Waals surface area contributed by atoms with Crippen LogP contribution in [0.25, 0.3) is 0 Å². The number of amides is 1. The number of carbonyl (C=O) groups is 1. The number of rotatable bonds is 4. The molecule has 3 heteroatoms. The van der Waals surface area contributed by atoms with Crippen molar-refractivity contribution in [3.05, 3.63) is 0 Å². The molecule has 1 amide bonds. The van der Waals surface area contributed by atoms with E-state index in [1.165, 1.54) is 0 Å². The average Bonchev–Trinajstić information content (AvgIpc) is 2.14. The summed E-state index contributed by atoms with van der Waals surface area (Å²) in [7, 11) is 1.81. The summed E-state index contributed by atoms with van der Waals surface area (Å²) in [6.07, 6.45) is 0.852. The molecule has 0 aromatic rings. The molecule has 0 radical (unpaired) electrons. The van der Waals surface area contributed by atoms with Gasteiger partial charge >= 0.3 is 0 Å². The molecule has 13 heavy (non-hydrogen) atoms. The van der Waals surface area contributed by atoms with E-state index in [0.29, 0.717) is 5.88 Å². The minimum absolute atomic E-state index is 0.111. The zero-order valence-corrected chi connectivity index (χ0v) is 9.98. The van der Waals surface area contributed by atoms with Crippen molar-refractivity contribution in [2.75, 3.05) is 12.9 Å². The van der Waals surface area contributed by atoms with Gasteiger partial charge in [-0.1, -0.05) is 20.8 Å². The Morgan fingerprint density at radius 1 is 1.54 bits per heavy atom. The highest BCUT2D eigenvalue weighted by atomic mass is 35.5. The lowest BCUT2D eigenvalue weighted by Crippen LogP contribution is -2.43. The molecule has 0 saturated carbocycles. The van der Waals surface area contributed by atoms with Gasteiger partial charge in [0.15, 0.2) is 0 Å². The topological polar surface area (TPSA) is 20.3 Å². The maximum Gasteiger partial charge on any atom is 0.228 e. The Balaban J connectivity index is 4.42. The van der Waals surface area contributed by atoms with Crippen molar-refractivity contribution in [3.63, 3.8) is 0 Å². The van der Waals surface area contributed by atoms with E-state index in [2.05, 4.69) is 0 Å². The second kappa shape index (κ2) is 4.85. The van der Waals surface area contributed by atoms with E-state index in [-0.39, 0.29) is 17.4 Å². The van der Waals surface area contributed by atoms with Crippen LogP contribution in [0.15, 0.2) is 0 Å². The number of halogens is 1. The Bertz CT molecular complexity index is 180. The summed E-state index contributed by atoms with van der Waals surface area (Å²) in [6, 6.07) is 0.111. The van der Waals surface area contributed by atoms with E-state index in [0.717, 1.165) is 6.42 Å². The molecule has 1 unspecified atom stereocenters. The summed E-state index contributed by atoms with van der Waals surface area (Å²) in [5, 5.41) is 0. The quantitative estimate of drug-likeness (QED) is 0.646. The first-order valence-corrected chi connectivity index (χ1v) is 5.23. The van der Waals surface area contributed by atoms with Gasteiger partial charge in [0.05, 0.1) is 0 Å². The van der Waals surface area contributed by atoms with Gasteiger partial charge in [0.1, 0.15) is 0 Å². The third-order valence-corrected chi connectivity index (χ3v) is 3.11. The fraction of sp³-hybridized carbons (Fsp3) is 0.900. The van der Waals surface area contributed by atoms with Gasteiger partial charge in [-0.3, -0.25) is 4.79 Å². The molecule has 0 saturated heterocycles. The Labute approximate surface area is 86.2 Å². The van der Waals surface area contributed by atoms with E-state index in [1.807, 2.05) is 34.7 Å². The van der Waals surface area contributed by atoms with Crippen LogP contribution in [0.3, 0.4) is 0 Å². The summed E-state index contributed by atoms with van der Waals surface area (Å²) < 4.78 is 0. The number of hydrogen-bond donors (Lipinski definition) is 0. The van der Waals surface area contributed by atoms with Crippen molar-refractivity contribution in [2.45, 2.75) is 40.2 Å². The first kappa shape index (κ1) is 12.8. The monoisotopic (exact) mass is 205 g/mol. The highest BCUT2D eigenvalue weighted by Gasteiger charge is 2.30. The average molecular weight is 206 g/mol. The van der Waals surface area contributed by atoms with Crippen LogP contribution in [-0.4, -0.2) is 29.8 Å². The molecule has 2 nitrogen and oxygen atoms in total. The zero-order chi connectivity index (χ0) is 10.6. The van der Waals surface area contributed by atoms with Crippen LogP contribution in [0.4, 0.5) is 0 Å². The highest BCUT2D eigenvalue weighted by molar-refractivity contribution is 6.18. The Hall–Kier alpha value is -0.240. The van der Waals surface area contributed by atoms with Crippen LogP contribution in [0.1, 0.15) is 34.1 Å². The summed E-state index contributed by atoms with van der Waals surface area (Å²) in [5.74, 6) is 0.658. The molecule has 0 N–H and O–H groups in total. The van der Waals surface area contributed by atoms with Crippen molar-refractivity contribution in [3.8, 4) is 0 Å². The third-order valence-electron chi connectivity index (χ3n) is 2.67. The zero-order valence-electron chi connectivity index (χ0n) is 9.22. The molecule has 0 aliphatic heterocycles. The van der Waals surface area contributed by atoms with Crippen LogP contribution in [0.5, 0.6) is 0 Å². The lowest BCUT2D eigenvalue weighted by molar-refractivity contribution is -0.140. The van der Waals surface area contributed by atoms with Crippen LogP contribution in [-0.2, 0) is 4.79 Å². The molecule has 0 fully saturated rings. The van der Waals surface area contributed by atoms with E-state index in [9.17, 15) is 4.79 Å². The predicted molar refractivity (Wildman–Crippen MR) is 57.0 cm³/mol. The molecule has 0 bridgehead atoms. The van der Waals surface area contributed by atoms with Crippen LogP contribution in [0, 0.1) is 5.41 Å². The van der Waals surface area contributed by atoms with Gasteiger partial charge in [0.2, 0.25) is 5.91 Å². The fourth-order valence-corrected chi connectivity index (χ4v) is 1.14. The van der Waals surface area contributed by atoms with E-state index < -0.39 is 0 Å². The predicted octanol–water partition coefficient (Wildman–Crippen LogP) is 2.51. The second-order valence-electron chi connectivity index (χ2n) is 4.16. The normalized spacial score (nSPS) is 14.0. The molecule has 0 aliphatic rings. The Morgan fingerprint density at radius 3 is 2.31 bits per heavy atom. The van der Waals surface area contributed by atoms with Crippen LogP contribution < -0.4 is 0 Å². The molecule has 0 spiro atoms. The molecule has 0 aromatic heterocycles. The lowest BCUT2D eigenvalue weighted by atomic mass is 9.88. The second-order valence-corrected chi connectivity index (χ2v) is 4.47. The van der Waals surface area contributed by atoms with Gasteiger partial charge in [0, 0.05) is 24.4 Å². The molecule has 78 valence electrons. The largest absolute Gasteiger partial charge is 0.341 e. The lowest BCUT2D eigenvalue weighted by Gasteiger charge is -2.31. The molecule has 0 heterocycles. The van der Waals surface area contributed by atoms with Crippen LogP contribution in [0.2, 0.25) is 0 Å². The van der Waals surface area contributed by atoms with E-state index in [4.69, 9.17) is 11.6 Å². The van der Waals surface area contributed by atoms with Crippen molar-refractivity contribution >= 4 is 17.5 Å². The van der Waals surface area contributed by atoms with Gasteiger partial charge in [0.25, 0.3) is 0 Å². The number of carbonyl (C=O) groups excluding carboxylic acids is 1. The number of hydrogen-bond acceptors (Lipinski definition) is 1. The van der Waals surface area contributed by atoms with Crippen molar-refractivity contribution in [1.29, 1.82) is 0 Å². The number of alkyl halides is 1. The standard InChI is InChI=1S/C10H20ClNO/c1-6-10(3,4)9(13)12(5)8(2)7-11/h8H,6-7H2,1-5H3. The number of nitrogens with zero attached hydrogens (tertiary/aromatic N) is 1. The van der Waals surface area contributed by atoms with Gasteiger partial charge in [-0.05, 0) is 13.3 Å². The fourth-order valence-electron chi connectivity index (χ4n) is 0.932. The van der Waals surface area contributed by atoms with Gasteiger partial charge in [-0.15, -0.1) is 11.6 Å². The minimum atomic E-state index is -0.269. The van der Waals surface area contributed by atoms with E-state index in [1.54, 1.807) is 4.90 Å². The maximum absolute atomic E-state index is 11.9. The SMILES string of the molecule is CCC(C)(C)C(=O)N(C)C(C)CCl. The molecule has 0 aliphatic carbocycles. The molecular weight excluding hydrogens is 186 g/mol. The third kappa shape index (κ3) is 3.18. The van der Waals surface area contributed by atoms with Crippen LogP contribution >= 0.6 is 11.6 Å². The van der Waals surface area contributed by atoms with Gasteiger partial charge in [-0.25, -0.2) is 0 Å². The molecule has 0 aromatic carbocycles. The molecule has 1 atom stereocenters. The molecule has 0 rings (SSSR count). The highest BCUT2D eigenvalue weighted by Crippen LogP contribution is 2.23. The van der Waals surface area contributed by atoms with Crippen molar-refractivity contribution < 1.29 is 4.79 Å². The smallest absolute Gasteiger partial charge is 0.228 e.